The van der Waals surface area contributed by atoms with Gasteiger partial charge in [0.15, 0.2) is 0 Å². The normalized spacial score (nSPS) is 12.4. The van der Waals surface area contributed by atoms with Crippen LogP contribution in [0, 0.1) is 6.92 Å². The maximum absolute atomic E-state index is 5.48. The molecule has 1 atom stereocenters. The predicted octanol–water partition coefficient (Wildman–Crippen LogP) is 4.15. The highest BCUT2D eigenvalue weighted by Gasteiger charge is 2.20. The zero-order valence-electron chi connectivity index (χ0n) is 11.8. The third kappa shape index (κ3) is 3.17. The minimum atomic E-state index is 0.219. The van der Waals surface area contributed by atoms with Crippen LogP contribution in [0.15, 0.2) is 35.7 Å². The number of aryl methyl sites for hydroxylation is 1. The molecule has 2 rings (SSSR count). The SMILES string of the molecule is CCCNC(c1ccccc1C)c1sccc1OC. The summed E-state index contributed by atoms with van der Waals surface area (Å²) < 4.78 is 5.48. The molecule has 0 spiro atoms. The topological polar surface area (TPSA) is 21.3 Å². The molecule has 2 aromatic rings. The Balaban J connectivity index is 2.39. The highest BCUT2D eigenvalue weighted by atomic mass is 32.1. The number of thiophene rings is 1. The molecule has 1 aromatic heterocycles. The fourth-order valence-corrected chi connectivity index (χ4v) is 3.18. The molecule has 19 heavy (non-hydrogen) atoms. The molecule has 0 aliphatic heterocycles. The van der Waals surface area contributed by atoms with Crippen molar-refractivity contribution in [3.05, 3.63) is 51.7 Å². The molecule has 0 aliphatic rings. The van der Waals surface area contributed by atoms with Gasteiger partial charge in [-0.05, 0) is 42.5 Å². The van der Waals surface area contributed by atoms with Crippen molar-refractivity contribution in [1.82, 2.24) is 5.32 Å². The van der Waals surface area contributed by atoms with E-state index >= 15 is 0 Å². The second kappa shape index (κ2) is 6.73. The Labute approximate surface area is 119 Å². The first-order valence-electron chi connectivity index (χ1n) is 6.68. The van der Waals surface area contributed by atoms with E-state index in [1.807, 2.05) is 6.07 Å². The van der Waals surface area contributed by atoms with Gasteiger partial charge in [0.25, 0.3) is 0 Å². The monoisotopic (exact) mass is 275 g/mol. The first-order chi connectivity index (χ1) is 9.27. The van der Waals surface area contributed by atoms with Gasteiger partial charge in [0.1, 0.15) is 5.75 Å². The Morgan fingerprint density at radius 1 is 1.26 bits per heavy atom. The average Bonchev–Trinajstić information content (AvgIpc) is 2.89. The van der Waals surface area contributed by atoms with Gasteiger partial charge in [-0.3, -0.25) is 0 Å². The van der Waals surface area contributed by atoms with Gasteiger partial charge in [0, 0.05) is 0 Å². The number of ether oxygens (including phenoxy) is 1. The van der Waals surface area contributed by atoms with Crippen molar-refractivity contribution in [3.63, 3.8) is 0 Å². The molecule has 0 aliphatic carbocycles. The largest absolute Gasteiger partial charge is 0.496 e. The summed E-state index contributed by atoms with van der Waals surface area (Å²) in [5.74, 6) is 0.974. The van der Waals surface area contributed by atoms with Gasteiger partial charge in [-0.1, -0.05) is 31.2 Å². The summed E-state index contributed by atoms with van der Waals surface area (Å²) in [6.45, 7) is 5.35. The molecule has 0 saturated heterocycles. The van der Waals surface area contributed by atoms with Crippen LogP contribution >= 0.6 is 11.3 Å². The molecular formula is C16H21NOS. The van der Waals surface area contributed by atoms with Crippen LogP contribution in [-0.4, -0.2) is 13.7 Å². The van der Waals surface area contributed by atoms with E-state index in [2.05, 4.69) is 48.8 Å². The van der Waals surface area contributed by atoms with Crippen molar-refractivity contribution in [2.75, 3.05) is 13.7 Å². The van der Waals surface area contributed by atoms with Crippen LogP contribution < -0.4 is 10.1 Å². The molecule has 3 heteroatoms. The van der Waals surface area contributed by atoms with Gasteiger partial charge in [-0.15, -0.1) is 11.3 Å². The summed E-state index contributed by atoms with van der Waals surface area (Å²) in [6, 6.07) is 10.8. The maximum atomic E-state index is 5.48. The number of nitrogens with one attached hydrogen (secondary N) is 1. The molecule has 102 valence electrons. The standard InChI is InChI=1S/C16H21NOS/c1-4-10-17-15(13-8-6-5-7-12(13)2)16-14(18-3)9-11-19-16/h5-9,11,15,17H,4,10H2,1-3H3. The second-order valence-electron chi connectivity index (χ2n) is 4.60. The third-order valence-electron chi connectivity index (χ3n) is 3.24. The van der Waals surface area contributed by atoms with Gasteiger partial charge in [-0.2, -0.15) is 0 Å². The smallest absolute Gasteiger partial charge is 0.134 e. The van der Waals surface area contributed by atoms with Crippen LogP contribution in [0.1, 0.15) is 35.4 Å². The molecule has 2 nitrogen and oxygen atoms in total. The Morgan fingerprint density at radius 3 is 2.74 bits per heavy atom. The molecule has 0 bridgehead atoms. The fourth-order valence-electron chi connectivity index (χ4n) is 2.23. The first kappa shape index (κ1) is 14.1. The summed E-state index contributed by atoms with van der Waals surface area (Å²) in [5, 5.41) is 5.72. The molecule has 1 aromatic carbocycles. The minimum Gasteiger partial charge on any atom is -0.496 e. The lowest BCUT2D eigenvalue weighted by molar-refractivity contribution is 0.407. The number of methoxy groups -OCH3 is 1. The van der Waals surface area contributed by atoms with Crippen LogP contribution in [0.4, 0.5) is 0 Å². The van der Waals surface area contributed by atoms with Crippen molar-refractivity contribution >= 4 is 11.3 Å². The Bertz CT molecular complexity index is 521. The van der Waals surface area contributed by atoms with E-state index in [4.69, 9.17) is 4.74 Å². The second-order valence-corrected chi connectivity index (χ2v) is 5.54. The van der Waals surface area contributed by atoms with Crippen molar-refractivity contribution < 1.29 is 4.74 Å². The van der Waals surface area contributed by atoms with Gasteiger partial charge >= 0.3 is 0 Å². The van der Waals surface area contributed by atoms with E-state index in [0.717, 1.165) is 18.7 Å². The van der Waals surface area contributed by atoms with Gasteiger partial charge in [0.2, 0.25) is 0 Å². The van der Waals surface area contributed by atoms with Gasteiger partial charge in [-0.25, -0.2) is 0 Å². The van der Waals surface area contributed by atoms with Crippen molar-refractivity contribution in [2.45, 2.75) is 26.3 Å². The maximum Gasteiger partial charge on any atom is 0.134 e. The van der Waals surface area contributed by atoms with Crippen LogP contribution in [0.3, 0.4) is 0 Å². The third-order valence-corrected chi connectivity index (χ3v) is 4.20. The molecule has 1 heterocycles. The lowest BCUT2D eigenvalue weighted by atomic mass is 9.99. The molecule has 0 amide bonds. The lowest BCUT2D eigenvalue weighted by Crippen LogP contribution is -2.23. The summed E-state index contributed by atoms with van der Waals surface area (Å²) in [4.78, 5) is 1.25. The van der Waals surface area contributed by atoms with Gasteiger partial charge < -0.3 is 10.1 Å². The van der Waals surface area contributed by atoms with E-state index in [1.54, 1.807) is 18.4 Å². The van der Waals surface area contributed by atoms with Crippen molar-refractivity contribution in [3.8, 4) is 5.75 Å². The van der Waals surface area contributed by atoms with E-state index in [1.165, 1.54) is 16.0 Å². The molecule has 1 unspecified atom stereocenters. The van der Waals surface area contributed by atoms with E-state index < -0.39 is 0 Å². The summed E-state index contributed by atoms with van der Waals surface area (Å²) in [7, 11) is 1.74. The zero-order valence-corrected chi connectivity index (χ0v) is 12.6. The average molecular weight is 275 g/mol. The van der Waals surface area contributed by atoms with E-state index in [0.29, 0.717) is 0 Å². The highest BCUT2D eigenvalue weighted by molar-refractivity contribution is 7.10. The minimum absolute atomic E-state index is 0.219. The predicted molar refractivity (Wildman–Crippen MR) is 82.2 cm³/mol. The Hall–Kier alpha value is -1.32. The van der Waals surface area contributed by atoms with E-state index in [-0.39, 0.29) is 6.04 Å². The summed E-state index contributed by atoms with van der Waals surface area (Å²) in [6.07, 6.45) is 1.12. The fraction of sp³-hybridized carbons (Fsp3) is 0.375. The summed E-state index contributed by atoms with van der Waals surface area (Å²) in [5.41, 5.74) is 2.64. The van der Waals surface area contributed by atoms with Crippen LogP contribution in [0.25, 0.3) is 0 Å². The zero-order chi connectivity index (χ0) is 13.7. The molecule has 1 N–H and O–H groups in total. The van der Waals surface area contributed by atoms with Crippen LogP contribution in [-0.2, 0) is 0 Å². The molecule has 0 saturated carbocycles. The van der Waals surface area contributed by atoms with Crippen LogP contribution in [0.2, 0.25) is 0 Å². The Kier molecular flexibility index (Phi) is 5.00. The van der Waals surface area contributed by atoms with Crippen LogP contribution in [0.5, 0.6) is 5.75 Å². The van der Waals surface area contributed by atoms with Crippen molar-refractivity contribution in [2.24, 2.45) is 0 Å². The number of rotatable bonds is 6. The number of hydrogen-bond acceptors (Lipinski definition) is 3. The summed E-state index contributed by atoms with van der Waals surface area (Å²) >= 11 is 1.75. The number of benzene rings is 1. The number of hydrogen-bond donors (Lipinski definition) is 1. The molecule has 0 radical (unpaired) electrons. The molecular weight excluding hydrogens is 254 g/mol. The molecule has 0 fully saturated rings. The van der Waals surface area contributed by atoms with E-state index in [9.17, 15) is 0 Å². The highest BCUT2D eigenvalue weighted by Crippen LogP contribution is 2.35. The van der Waals surface area contributed by atoms with Gasteiger partial charge in [0.05, 0.1) is 18.0 Å². The lowest BCUT2D eigenvalue weighted by Gasteiger charge is -2.21. The quantitative estimate of drug-likeness (QED) is 0.855. The first-order valence-corrected chi connectivity index (χ1v) is 7.56. The Morgan fingerprint density at radius 2 is 2.05 bits per heavy atom. The van der Waals surface area contributed by atoms with Crippen molar-refractivity contribution in [1.29, 1.82) is 0 Å².